The molecule has 0 spiro atoms. The molecule has 1 fully saturated rings. The summed E-state index contributed by atoms with van der Waals surface area (Å²) < 4.78 is 0. The Kier molecular flexibility index (Phi) is 7.39. The van der Waals surface area contributed by atoms with Crippen LogP contribution in [0.2, 0.25) is 0 Å². The van der Waals surface area contributed by atoms with Gasteiger partial charge in [-0.1, -0.05) is 34.1 Å². The number of nitrogens with zero attached hydrogens (tertiary/aromatic N) is 1. The third-order valence-corrected chi connectivity index (χ3v) is 8.23. The van der Waals surface area contributed by atoms with Gasteiger partial charge in [-0.05, 0) is 12.8 Å². The molecule has 0 aromatic carbocycles. The fraction of sp³-hybridized carbons (Fsp3) is 0.812. The minimum Gasteiger partial charge on any atom is -0.310 e. The van der Waals surface area contributed by atoms with Gasteiger partial charge >= 0.3 is 0 Å². The van der Waals surface area contributed by atoms with Crippen molar-refractivity contribution in [2.75, 3.05) is 11.5 Å². The van der Waals surface area contributed by atoms with Gasteiger partial charge in [0.15, 0.2) is 0 Å². The van der Waals surface area contributed by atoms with E-state index in [1.165, 1.54) is 39.9 Å². The molecule has 5 heteroatoms. The average molecular weight is 345 g/mol. The largest absolute Gasteiger partial charge is 0.310 e. The van der Waals surface area contributed by atoms with E-state index in [0.29, 0.717) is 11.3 Å². The summed E-state index contributed by atoms with van der Waals surface area (Å²) >= 11 is 6.22. The number of aryl methyl sites for hydroxylation is 1. The molecule has 2 unspecified atom stereocenters. The Hall–Kier alpha value is 0.290. The molecule has 1 aliphatic heterocycles. The van der Waals surface area contributed by atoms with E-state index in [2.05, 4.69) is 56.5 Å². The molecule has 2 nitrogen and oxygen atoms in total. The number of nitrogens with one attached hydrogen (secondary N) is 1. The van der Waals surface area contributed by atoms with Crippen LogP contribution in [-0.2, 0) is 13.0 Å². The van der Waals surface area contributed by atoms with E-state index >= 15 is 0 Å². The Labute approximate surface area is 142 Å². The monoisotopic (exact) mass is 344 g/mol. The first-order valence-electron chi connectivity index (χ1n) is 8.10. The van der Waals surface area contributed by atoms with Crippen LogP contribution < -0.4 is 5.32 Å². The molecule has 120 valence electrons. The summed E-state index contributed by atoms with van der Waals surface area (Å²) in [6.07, 6.45) is 3.55. The molecular weight excluding hydrogens is 316 g/mol. The Bertz CT molecular complexity index is 431. The minimum atomic E-state index is 0.535. The quantitative estimate of drug-likeness (QED) is 0.761. The van der Waals surface area contributed by atoms with E-state index < -0.39 is 0 Å². The SMILES string of the molecule is CCCc1nc(C2SCCSC2CC)sc1CNC(C)C. The second kappa shape index (κ2) is 8.80. The predicted octanol–water partition coefficient (Wildman–Crippen LogP) is 4.89. The van der Waals surface area contributed by atoms with E-state index in [0.717, 1.165) is 18.2 Å². The molecule has 1 aliphatic rings. The standard InChI is InChI=1S/C16H28N2S3/c1-5-7-12-14(10-17-11(3)4)21-16(18-12)15-13(6-2)19-8-9-20-15/h11,13,15,17H,5-10H2,1-4H3. The van der Waals surface area contributed by atoms with E-state index in [4.69, 9.17) is 4.98 Å². The lowest BCUT2D eigenvalue weighted by atomic mass is 10.2. The van der Waals surface area contributed by atoms with Crippen LogP contribution in [0.25, 0.3) is 0 Å². The summed E-state index contributed by atoms with van der Waals surface area (Å²) in [5.74, 6) is 2.57. The summed E-state index contributed by atoms with van der Waals surface area (Å²) in [6.45, 7) is 9.97. The molecule has 2 atom stereocenters. The number of rotatable bonds is 7. The number of hydrogen-bond acceptors (Lipinski definition) is 5. The minimum absolute atomic E-state index is 0.535. The molecule has 1 aromatic rings. The highest BCUT2D eigenvalue weighted by molar-refractivity contribution is 8.06. The summed E-state index contributed by atoms with van der Waals surface area (Å²) in [7, 11) is 0. The van der Waals surface area contributed by atoms with E-state index in [-0.39, 0.29) is 0 Å². The van der Waals surface area contributed by atoms with Crippen LogP contribution in [0.4, 0.5) is 0 Å². The zero-order valence-electron chi connectivity index (χ0n) is 13.6. The Morgan fingerprint density at radius 1 is 1.24 bits per heavy atom. The molecule has 0 saturated carbocycles. The molecule has 2 heterocycles. The number of thiazole rings is 1. The van der Waals surface area contributed by atoms with Gasteiger partial charge in [0.2, 0.25) is 0 Å². The Morgan fingerprint density at radius 3 is 2.67 bits per heavy atom. The zero-order valence-corrected chi connectivity index (χ0v) is 16.1. The van der Waals surface area contributed by atoms with Crippen LogP contribution in [0.3, 0.4) is 0 Å². The maximum atomic E-state index is 5.04. The van der Waals surface area contributed by atoms with Gasteiger partial charge in [0, 0.05) is 34.2 Å². The van der Waals surface area contributed by atoms with E-state index in [9.17, 15) is 0 Å². The Morgan fingerprint density at radius 2 is 2.00 bits per heavy atom. The van der Waals surface area contributed by atoms with Crippen LogP contribution >= 0.6 is 34.9 Å². The van der Waals surface area contributed by atoms with Crippen molar-refractivity contribution in [2.24, 2.45) is 0 Å². The molecule has 0 amide bonds. The van der Waals surface area contributed by atoms with Gasteiger partial charge in [-0.25, -0.2) is 4.98 Å². The first kappa shape index (κ1) is 17.6. The smallest absolute Gasteiger partial charge is 0.107 e. The summed E-state index contributed by atoms with van der Waals surface area (Å²) in [5.41, 5.74) is 1.34. The average Bonchev–Trinajstić information content (AvgIpc) is 2.88. The molecule has 21 heavy (non-hydrogen) atoms. The van der Waals surface area contributed by atoms with Gasteiger partial charge in [-0.3, -0.25) is 0 Å². The summed E-state index contributed by atoms with van der Waals surface area (Å²) in [4.78, 5) is 6.51. The topological polar surface area (TPSA) is 24.9 Å². The van der Waals surface area contributed by atoms with Gasteiger partial charge in [0.05, 0.1) is 10.9 Å². The van der Waals surface area contributed by atoms with Gasteiger partial charge in [-0.2, -0.15) is 11.8 Å². The van der Waals surface area contributed by atoms with E-state index in [1.807, 2.05) is 11.3 Å². The third kappa shape index (κ3) is 4.88. The molecule has 0 aliphatic carbocycles. The summed E-state index contributed by atoms with van der Waals surface area (Å²) in [5, 5.41) is 6.30. The first-order valence-corrected chi connectivity index (χ1v) is 11.0. The number of aromatic nitrogens is 1. The van der Waals surface area contributed by atoms with Crippen molar-refractivity contribution in [1.82, 2.24) is 10.3 Å². The van der Waals surface area contributed by atoms with Crippen LogP contribution in [0.5, 0.6) is 0 Å². The zero-order chi connectivity index (χ0) is 15.2. The number of thioether (sulfide) groups is 2. The van der Waals surface area contributed by atoms with Crippen molar-refractivity contribution in [3.8, 4) is 0 Å². The van der Waals surface area contributed by atoms with Gasteiger partial charge in [0.25, 0.3) is 0 Å². The maximum Gasteiger partial charge on any atom is 0.107 e. The second-order valence-electron chi connectivity index (χ2n) is 5.82. The third-order valence-electron chi connectivity index (χ3n) is 3.65. The van der Waals surface area contributed by atoms with Crippen molar-refractivity contribution in [3.63, 3.8) is 0 Å². The van der Waals surface area contributed by atoms with Gasteiger partial charge in [-0.15, -0.1) is 23.1 Å². The molecule has 1 N–H and O–H groups in total. The second-order valence-corrected chi connectivity index (χ2v) is 9.53. The lowest BCUT2D eigenvalue weighted by Gasteiger charge is -2.28. The number of hydrogen-bond donors (Lipinski definition) is 1. The molecular formula is C16H28N2S3. The fourth-order valence-electron chi connectivity index (χ4n) is 2.52. The van der Waals surface area contributed by atoms with E-state index in [1.54, 1.807) is 0 Å². The lowest BCUT2D eigenvalue weighted by molar-refractivity contribution is 0.589. The van der Waals surface area contributed by atoms with Gasteiger partial charge in [0.1, 0.15) is 5.01 Å². The van der Waals surface area contributed by atoms with Crippen molar-refractivity contribution < 1.29 is 0 Å². The Balaban J connectivity index is 2.16. The first-order chi connectivity index (χ1) is 10.2. The molecule has 0 radical (unpaired) electrons. The van der Waals surface area contributed by atoms with Crippen LogP contribution in [0.1, 0.15) is 61.4 Å². The van der Waals surface area contributed by atoms with Crippen molar-refractivity contribution in [3.05, 3.63) is 15.6 Å². The highest BCUT2D eigenvalue weighted by Crippen LogP contribution is 2.45. The van der Waals surface area contributed by atoms with Crippen molar-refractivity contribution >= 4 is 34.9 Å². The van der Waals surface area contributed by atoms with Crippen LogP contribution in [-0.4, -0.2) is 27.8 Å². The van der Waals surface area contributed by atoms with Crippen LogP contribution in [0.15, 0.2) is 0 Å². The molecule has 2 rings (SSSR count). The lowest BCUT2D eigenvalue weighted by Crippen LogP contribution is -2.21. The van der Waals surface area contributed by atoms with Crippen molar-refractivity contribution in [1.29, 1.82) is 0 Å². The van der Waals surface area contributed by atoms with Gasteiger partial charge < -0.3 is 5.32 Å². The maximum absolute atomic E-state index is 5.04. The normalized spacial score (nSPS) is 22.9. The highest BCUT2D eigenvalue weighted by atomic mass is 32.2. The van der Waals surface area contributed by atoms with Crippen molar-refractivity contribution in [2.45, 2.75) is 70.0 Å². The molecule has 0 bridgehead atoms. The highest BCUT2D eigenvalue weighted by Gasteiger charge is 2.29. The van der Waals surface area contributed by atoms with Crippen LogP contribution in [0, 0.1) is 0 Å². The fourth-order valence-corrected chi connectivity index (χ4v) is 7.01. The molecule has 1 aromatic heterocycles. The summed E-state index contributed by atoms with van der Waals surface area (Å²) in [6, 6.07) is 0.535. The molecule has 1 saturated heterocycles. The predicted molar refractivity (Wildman–Crippen MR) is 99.8 cm³/mol.